The van der Waals surface area contributed by atoms with Gasteiger partial charge in [0.2, 0.25) is 5.91 Å². The zero-order valence-corrected chi connectivity index (χ0v) is 17.2. The second-order valence-corrected chi connectivity index (χ2v) is 7.88. The molecule has 0 spiro atoms. The van der Waals surface area contributed by atoms with Crippen molar-refractivity contribution < 1.29 is 14.3 Å². The molecule has 158 valence electrons. The van der Waals surface area contributed by atoms with Gasteiger partial charge in [-0.15, -0.1) is 0 Å². The van der Waals surface area contributed by atoms with Crippen LogP contribution >= 0.6 is 0 Å². The van der Waals surface area contributed by atoms with Crippen LogP contribution in [-0.2, 0) is 16.0 Å². The molecule has 2 N–H and O–H groups in total. The van der Waals surface area contributed by atoms with Crippen LogP contribution in [0.15, 0.2) is 79.1 Å². The molecule has 2 amide bonds. The quantitative estimate of drug-likeness (QED) is 0.643. The van der Waals surface area contributed by atoms with Crippen molar-refractivity contribution in [2.24, 2.45) is 11.1 Å². The van der Waals surface area contributed by atoms with Gasteiger partial charge >= 0.3 is 0 Å². The summed E-state index contributed by atoms with van der Waals surface area (Å²) >= 11 is 0. The normalized spacial score (nSPS) is 18.0. The zero-order chi connectivity index (χ0) is 21.7. The lowest BCUT2D eigenvalue weighted by Crippen LogP contribution is -2.43. The molecule has 0 radical (unpaired) electrons. The van der Waals surface area contributed by atoms with Gasteiger partial charge in [0.05, 0.1) is 5.41 Å². The molecule has 2 heterocycles. The minimum absolute atomic E-state index is 0.0630. The Kier molecular flexibility index (Phi) is 5.98. The third-order valence-corrected chi connectivity index (χ3v) is 5.87. The number of carbonyl (C=O) groups is 2. The average Bonchev–Trinajstić information content (AvgIpc) is 3.25. The van der Waals surface area contributed by atoms with Crippen molar-refractivity contribution in [2.45, 2.75) is 12.8 Å². The number of amides is 2. The van der Waals surface area contributed by atoms with Crippen LogP contribution in [0, 0.1) is 5.41 Å². The number of hydrogen-bond acceptors (Lipinski definition) is 4. The number of benzene rings is 2. The SMILES string of the molecule is NC(=O)C1(Cc2ccccc2-c2ccncc2)CCN(C(=O)COc2ccccc2)C1. The Hall–Kier alpha value is -3.67. The second-order valence-electron chi connectivity index (χ2n) is 7.88. The van der Waals surface area contributed by atoms with Gasteiger partial charge in [0.25, 0.3) is 5.91 Å². The number of para-hydroxylation sites is 1. The highest BCUT2D eigenvalue weighted by Gasteiger charge is 2.45. The maximum atomic E-state index is 12.7. The van der Waals surface area contributed by atoms with Crippen molar-refractivity contribution in [3.05, 3.63) is 84.7 Å². The van der Waals surface area contributed by atoms with Crippen LogP contribution in [-0.4, -0.2) is 41.4 Å². The Balaban J connectivity index is 1.50. The average molecular weight is 415 g/mol. The van der Waals surface area contributed by atoms with Crippen LogP contribution in [0.2, 0.25) is 0 Å². The molecule has 1 aliphatic rings. The molecule has 0 saturated carbocycles. The molecule has 6 nitrogen and oxygen atoms in total. The molecule has 1 aliphatic heterocycles. The van der Waals surface area contributed by atoms with E-state index < -0.39 is 5.41 Å². The second kappa shape index (κ2) is 9.00. The largest absolute Gasteiger partial charge is 0.484 e. The number of ether oxygens (including phenoxy) is 1. The Labute approximate surface area is 181 Å². The van der Waals surface area contributed by atoms with E-state index in [1.165, 1.54) is 0 Å². The molecule has 1 atom stereocenters. The van der Waals surface area contributed by atoms with Crippen molar-refractivity contribution in [1.29, 1.82) is 0 Å². The van der Waals surface area contributed by atoms with E-state index in [1.807, 2.05) is 54.6 Å². The standard InChI is InChI=1S/C25H25N3O3/c26-24(30)25(16-20-6-4-5-9-22(20)19-10-13-27-14-11-19)12-15-28(18-25)23(29)17-31-21-7-2-1-3-8-21/h1-11,13-14H,12,15-18H2,(H2,26,30). The number of rotatable bonds is 7. The van der Waals surface area contributed by atoms with E-state index in [1.54, 1.807) is 29.4 Å². The Morgan fingerprint density at radius 1 is 1.00 bits per heavy atom. The number of nitrogens with zero attached hydrogens (tertiary/aromatic N) is 2. The first-order chi connectivity index (χ1) is 15.1. The summed E-state index contributed by atoms with van der Waals surface area (Å²) in [5.74, 6) is 0.119. The first-order valence-corrected chi connectivity index (χ1v) is 10.3. The minimum Gasteiger partial charge on any atom is -0.484 e. The van der Waals surface area contributed by atoms with Crippen molar-refractivity contribution in [2.75, 3.05) is 19.7 Å². The van der Waals surface area contributed by atoms with Gasteiger partial charge in [0.15, 0.2) is 6.61 Å². The fourth-order valence-corrected chi connectivity index (χ4v) is 4.12. The van der Waals surface area contributed by atoms with Crippen LogP contribution < -0.4 is 10.5 Å². The summed E-state index contributed by atoms with van der Waals surface area (Å²) in [6, 6.07) is 21.1. The van der Waals surface area contributed by atoms with Gasteiger partial charge in [-0.3, -0.25) is 14.6 Å². The molecule has 4 rings (SSSR count). The van der Waals surface area contributed by atoms with Crippen LogP contribution in [0.5, 0.6) is 5.75 Å². The zero-order valence-electron chi connectivity index (χ0n) is 17.2. The van der Waals surface area contributed by atoms with Crippen LogP contribution in [0.3, 0.4) is 0 Å². The molecular formula is C25H25N3O3. The number of nitrogens with two attached hydrogens (primary N) is 1. The molecule has 0 bridgehead atoms. The van der Waals surface area contributed by atoms with Crippen molar-refractivity contribution >= 4 is 11.8 Å². The van der Waals surface area contributed by atoms with Crippen LogP contribution in [0.1, 0.15) is 12.0 Å². The summed E-state index contributed by atoms with van der Waals surface area (Å²) in [6.45, 7) is 0.716. The maximum Gasteiger partial charge on any atom is 0.260 e. The van der Waals surface area contributed by atoms with Gasteiger partial charge in [-0.2, -0.15) is 0 Å². The molecule has 31 heavy (non-hydrogen) atoms. The Bertz CT molecular complexity index is 1060. The summed E-state index contributed by atoms with van der Waals surface area (Å²) in [5, 5.41) is 0. The molecule has 1 saturated heterocycles. The van der Waals surface area contributed by atoms with E-state index in [0.29, 0.717) is 31.7 Å². The van der Waals surface area contributed by atoms with Gasteiger partial charge in [-0.1, -0.05) is 42.5 Å². The van der Waals surface area contributed by atoms with E-state index in [0.717, 1.165) is 16.7 Å². The minimum atomic E-state index is -0.800. The summed E-state index contributed by atoms with van der Waals surface area (Å²) in [6.07, 6.45) is 4.51. The van der Waals surface area contributed by atoms with Crippen LogP contribution in [0.4, 0.5) is 0 Å². The van der Waals surface area contributed by atoms with E-state index >= 15 is 0 Å². The fraction of sp³-hybridized carbons (Fsp3) is 0.240. The summed E-state index contributed by atoms with van der Waals surface area (Å²) in [5.41, 5.74) is 8.19. The van der Waals surface area contributed by atoms with Crippen LogP contribution in [0.25, 0.3) is 11.1 Å². The highest BCUT2D eigenvalue weighted by molar-refractivity contribution is 5.85. The molecule has 3 aromatic rings. The fourth-order valence-electron chi connectivity index (χ4n) is 4.12. The van der Waals surface area contributed by atoms with Gasteiger partial charge in [0.1, 0.15) is 5.75 Å². The number of primary amides is 1. The van der Waals surface area contributed by atoms with E-state index in [-0.39, 0.29) is 18.4 Å². The van der Waals surface area contributed by atoms with Crippen molar-refractivity contribution in [3.8, 4) is 16.9 Å². The number of pyridine rings is 1. The molecule has 6 heteroatoms. The molecule has 1 fully saturated rings. The van der Waals surface area contributed by atoms with E-state index in [9.17, 15) is 9.59 Å². The molecule has 2 aromatic carbocycles. The predicted octanol–water partition coefficient (Wildman–Crippen LogP) is 3.07. The Morgan fingerprint density at radius 2 is 1.71 bits per heavy atom. The lowest BCUT2D eigenvalue weighted by atomic mass is 9.78. The summed E-state index contributed by atoms with van der Waals surface area (Å²) < 4.78 is 5.59. The summed E-state index contributed by atoms with van der Waals surface area (Å²) in [7, 11) is 0. The number of hydrogen-bond donors (Lipinski definition) is 1. The highest BCUT2D eigenvalue weighted by Crippen LogP contribution is 2.37. The first-order valence-electron chi connectivity index (χ1n) is 10.3. The maximum absolute atomic E-state index is 12.7. The van der Waals surface area contributed by atoms with Crippen molar-refractivity contribution in [1.82, 2.24) is 9.88 Å². The van der Waals surface area contributed by atoms with Gasteiger partial charge < -0.3 is 15.4 Å². The lowest BCUT2D eigenvalue weighted by Gasteiger charge is -2.27. The molecule has 1 aromatic heterocycles. The summed E-state index contributed by atoms with van der Waals surface area (Å²) in [4.78, 5) is 31.0. The highest BCUT2D eigenvalue weighted by atomic mass is 16.5. The van der Waals surface area contributed by atoms with Gasteiger partial charge in [-0.25, -0.2) is 0 Å². The number of likely N-dealkylation sites (tertiary alicyclic amines) is 1. The molecule has 0 aliphatic carbocycles. The van der Waals surface area contributed by atoms with Gasteiger partial charge in [-0.05, 0) is 53.8 Å². The lowest BCUT2D eigenvalue weighted by molar-refractivity contribution is -0.133. The third kappa shape index (κ3) is 4.58. The molecular weight excluding hydrogens is 390 g/mol. The van der Waals surface area contributed by atoms with E-state index in [2.05, 4.69) is 4.98 Å². The topological polar surface area (TPSA) is 85.5 Å². The first kappa shape index (κ1) is 20.6. The van der Waals surface area contributed by atoms with E-state index in [4.69, 9.17) is 10.5 Å². The number of aromatic nitrogens is 1. The van der Waals surface area contributed by atoms with Crippen molar-refractivity contribution in [3.63, 3.8) is 0 Å². The number of carbonyl (C=O) groups excluding carboxylic acids is 2. The smallest absolute Gasteiger partial charge is 0.260 e. The predicted molar refractivity (Wildman–Crippen MR) is 118 cm³/mol. The molecule has 1 unspecified atom stereocenters. The Morgan fingerprint density at radius 3 is 2.45 bits per heavy atom. The monoisotopic (exact) mass is 415 g/mol. The van der Waals surface area contributed by atoms with Gasteiger partial charge in [0, 0.05) is 25.5 Å². The third-order valence-electron chi connectivity index (χ3n) is 5.87.